The van der Waals surface area contributed by atoms with Gasteiger partial charge in [0.1, 0.15) is 11.3 Å². The molecule has 0 aliphatic rings. The minimum Gasteiger partial charge on any atom is -0.328 e. The molecule has 2 aromatic carbocycles. The number of aryl methyl sites for hydroxylation is 1. The van der Waals surface area contributed by atoms with Crippen LogP contribution in [0.25, 0.3) is 16.7 Å². The normalized spacial score (nSPS) is 11.2. The second kappa shape index (κ2) is 5.14. The highest BCUT2D eigenvalue weighted by atomic mass is 79.9. The molecule has 3 aromatic rings. The average molecular weight is 351 g/mol. The van der Waals surface area contributed by atoms with Gasteiger partial charge in [-0.1, -0.05) is 28.9 Å². The molecule has 2 nitrogen and oxygen atoms in total. The van der Waals surface area contributed by atoms with Gasteiger partial charge in [-0.25, -0.2) is 4.39 Å². The molecular weight excluding hydrogens is 339 g/mol. The van der Waals surface area contributed by atoms with E-state index in [2.05, 4.69) is 33.9 Å². The number of hydrogen-bond acceptors (Lipinski definition) is 1. The molecule has 20 heavy (non-hydrogen) atoms. The van der Waals surface area contributed by atoms with Crippen molar-refractivity contribution in [3.63, 3.8) is 0 Å². The zero-order valence-corrected chi connectivity index (χ0v) is 13.2. The fraction of sp³-hybridized carbons (Fsp3) is 0.133. The first-order valence-electron chi connectivity index (χ1n) is 6.30. The fourth-order valence-corrected chi connectivity index (χ4v) is 3.10. The number of benzene rings is 2. The molecule has 0 spiro atoms. The minimum atomic E-state index is -0.289. The minimum absolute atomic E-state index is 0.289. The van der Waals surface area contributed by atoms with E-state index in [9.17, 15) is 4.39 Å². The van der Waals surface area contributed by atoms with Crippen molar-refractivity contribution in [1.82, 2.24) is 9.55 Å². The Kier molecular flexibility index (Phi) is 3.48. The average Bonchev–Trinajstić information content (AvgIpc) is 2.77. The molecule has 0 amide bonds. The molecule has 0 saturated heterocycles. The van der Waals surface area contributed by atoms with Gasteiger partial charge in [-0.15, -0.1) is 0 Å². The van der Waals surface area contributed by atoms with Crippen LogP contribution in [0.3, 0.4) is 0 Å². The molecule has 1 aromatic heterocycles. The molecule has 0 unspecified atom stereocenters. The van der Waals surface area contributed by atoms with Crippen LogP contribution in [-0.2, 0) is 6.42 Å². The quantitative estimate of drug-likeness (QED) is 0.633. The molecule has 0 aliphatic carbocycles. The smallest absolute Gasteiger partial charge is 0.182 e. The molecule has 102 valence electrons. The second-order valence-corrected chi connectivity index (χ2v) is 5.83. The summed E-state index contributed by atoms with van der Waals surface area (Å²) in [5, 5.41) is 0. The largest absolute Gasteiger partial charge is 0.328 e. The van der Waals surface area contributed by atoms with Gasteiger partial charge in [0.15, 0.2) is 4.77 Å². The molecule has 0 aliphatic heterocycles. The lowest BCUT2D eigenvalue weighted by Crippen LogP contribution is -1.99. The van der Waals surface area contributed by atoms with Crippen LogP contribution >= 0.6 is 28.1 Å². The van der Waals surface area contributed by atoms with E-state index in [1.807, 2.05) is 22.8 Å². The maximum Gasteiger partial charge on any atom is 0.182 e. The van der Waals surface area contributed by atoms with Crippen LogP contribution in [0, 0.1) is 10.6 Å². The predicted molar refractivity (Wildman–Crippen MR) is 85.5 cm³/mol. The van der Waals surface area contributed by atoms with Crippen molar-refractivity contribution < 1.29 is 4.39 Å². The molecule has 0 atom stereocenters. The molecule has 1 heterocycles. The van der Waals surface area contributed by atoms with E-state index in [1.54, 1.807) is 6.07 Å². The van der Waals surface area contributed by atoms with Crippen LogP contribution in [0.15, 0.2) is 40.9 Å². The summed E-state index contributed by atoms with van der Waals surface area (Å²) in [4.78, 5) is 2.95. The van der Waals surface area contributed by atoms with Crippen molar-refractivity contribution in [2.24, 2.45) is 0 Å². The van der Waals surface area contributed by atoms with Gasteiger partial charge in [-0.3, -0.25) is 4.57 Å². The molecule has 0 bridgehead atoms. The van der Waals surface area contributed by atoms with Gasteiger partial charge in [0, 0.05) is 4.47 Å². The summed E-state index contributed by atoms with van der Waals surface area (Å²) >= 11 is 8.84. The summed E-state index contributed by atoms with van der Waals surface area (Å²) in [6.07, 6.45) is 0.874. The van der Waals surface area contributed by atoms with Gasteiger partial charge >= 0.3 is 0 Å². The number of imidazole rings is 1. The SMILES string of the molecule is CCc1cc(Br)ccc1-n1c(=S)[nH]c2c(F)cccc21. The Hall–Kier alpha value is -1.46. The summed E-state index contributed by atoms with van der Waals surface area (Å²) in [6.45, 7) is 2.09. The molecule has 0 saturated carbocycles. The number of aromatic amines is 1. The number of fused-ring (bicyclic) bond motifs is 1. The first kappa shape index (κ1) is 13.5. The summed E-state index contributed by atoms with van der Waals surface area (Å²) in [7, 11) is 0. The maximum atomic E-state index is 13.8. The third-order valence-electron chi connectivity index (χ3n) is 3.33. The van der Waals surface area contributed by atoms with E-state index in [1.165, 1.54) is 6.07 Å². The van der Waals surface area contributed by atoms with Crippen molar-refractivity contribution in [2.75, 3.05) is 0 Å². The van der Waals surface area contributed by atoms with Crippen molar-refractivity contribution in [2.45, 2.75) is 13.3 Å². The van der Waals surface area contributed by atoms with Crippen LogP contribution in [0.2, 0.25) is 0 Å². The number of H-pyrrole nitrogens is 1. The van der Waals surface area contributed by atoms with Crippen LogP contribution < -0.4 is 0 Å². The van der Waals surface area contributed by atoms with E-state index >= 15 is 0 Å². The van der Waals surface area contributed by atoms with Crippen molar-refractivity contribution >= 4 is 39.2 Å². The predicted octanol–water partition coefficient (Wildman–Crippen LogP) is 5.15. The lowest BCUT2D eigenvalue weighted by atomic mass is 10.1. The second-order valence-electron chi connectivity index (χ2n) is 4.53. The number of aromatic nitrogens is 2. The van der Waals surface area contributed by atoms with E-state index in [0.717, 1.165) is 27.7 Å². The fourth-order valence-electron chi connectivity index (χ4n) is 2.39. The number of hydrogen-bond donors (Lipinski definition) is 1. The molecule has 0 radical (unpaired) electrons. The summed E-state index contributed by atoms with van der Waals surface area (Å²) < 4.78 is 17.3. The Bertz CT molecular complexity index is 851. The van der Waals surface area contributed by atoms with Crippen molar-refractivity contribution in [1.29, 1.82) is 0 Å². The Balaban J connectivity index is 2.38. The molecule has 3 rings (SSSR count). The molecule has 1 N–H and O–H groups in total. The maximum absolute atomic E-state index is 13.8. The zero-order chi connectivity index (χ0) is 14.3. The molecule has 5 heteroatoms. The first-order chi connectivity index (χ1) is 9.61. The molecule has 0 fully saturated rings. The van der Waals surface area contributed by atoms with E-state index in [0.29, 0.717) is 10.3 Å². The number of nitrogens with one attached hydrogen (secondary N) is 1. The lowest BCUT2D eigenvalue weighted by molar-refractivity contribution is 0.637. The standard InChI is InChI=1S/C15H12BrFN2S/c1-2-9-8-10(16)6-7-12(9)19-13-5-3-4-11(17)14(13)18-15(19)20/h3-8H,2H2,1H3,(H,18,20). The van der Waals surface area contributed by atoms with Gasteiger partial charge in [-0.2, -0.15) is 0 Å². The Labute approximate surface area is 129 Å². The van der Waals surface area contributed by atoms with Crippen LogP contribution in [0.5, 0.6) is 0 Å². The zero-order valence-electron chi connectivity index (χ0n) is 10.8. The van der Waals surface area contributed by atoms with E-state index in [4.69, 9.17) is 12.2 Å². The third kappa shape index (κ3) is 2.11. The van der Waals surface area contributed by atoms with Crippen molar-refractivity contribution in [3.05, 3.63) is 57.0 Å². The Morgan fingerprint density at radius 3 is 2.85 bits per heavy atom. The topological polar surface area (TPSA) is 20.7 Å². The number of halogens is 2. The third-order valence-corrected chi connectivity index (χ3v) is 4.11. The van der Waals surface area contributed by atoms with Gasteiger partial charge in [0.05, 0.1) is 11.2 Å². The summed E-state index contributed by atoms with van der Waals surface area (Å²) in [5.74, 6) is -0.289. The van der Waals surface area contributed by atoms with Crippen LogP contribution in [0.1, 0.15) is 12.5 Å². The van der Waals surface area contributed by atoms with Crippen LogP contribution in [-0.4, -0.2) is 9.55 Å². The van der Waals surface area contributed by atoms with Gasteiger partial charge in [0.25, 0.3) is 0 Å². The number of rotatable bonds is 2. The Morgan fingerprint density at radius 1 is 1.30 bits per heavy atom. The Morgan fingerprint density at radius 2 is 2.10 bits per heavy atom. The highest BCUT2D eigenvalue weighted by molar-refractivity contribution is 9.10. The summed E-state index contributed by atoms with van der Waals surface area (Å²) in [6, 6.07) is 11.0. The van der Waals surface area contributed by atoms with Gasteiger partial charge in [-0.05, 0) is 54.5 Å². The lowest BCUT2D eigenvalue weighted by Gasteiger charge is -2.10. The van der Waals surface area contributed by atoms with E-state index in [-0.39, 0.29) is 5.82 Å². The highest BCUT2D eigenvalue weighted by Gasteiger charge is 2.12. The summed E-state index contributed by atoms with van der Waals surface area (Å²) in [5.41, 5.74) is 3.34. The first-order valence-corrected chi connectivity index (χ1v) is 7.50. The van der Waals surface area contributed by atoms with Crippen molar-refractivity contribution in [3.8, 4) is 5.69 Å². The van der Waals surface area contributed by atoms with Gasteiger partial charge < -0.3 is 4.98 Å². The van der Waals surface area contributed by atoms with Crippen LogP contribution in [0.4, 0.5) is 4.39 Å². The van der Waals surface area contributed by atoms with Gasteiger partial charge in [0.2, 0.25) is 0 Å². The number of nitrogens with zero attached hydrogens (tertiary/aromatic N) is 1. The number of para-hydroxylation sites is 1. The highest BCUT2D eigenvalue weighted by Crippen LogP contribution is 2.26. The monoisotopic (exact) mass is 350 g/mol. The van der Waals surface area contributed by atoms with E-state index < -0.39 is 0 Å². The molecular formula is C15H12BrFN2S.